The van der Waals surface area contributed by atoms with Crippen molar-refractivity contribution in [2.75, 3.05) is 13.3 Å². The summed E-state index contributed by atoms with van der Waals surface area (Å²) >= 11 is 6.34. The zero-order valence-corrected chi connectivity index (χ0v) is 20.6. The molecule has 1 atom stereocenters. The lowest BCUT2D eigenvalue weighted by molar-refractivity contribution is 0.107. The van der Waals surface area contributed by atoms with Crippen LogP contribution in [-0.2, 0) is 4.57 Å². The van der Waals surface area contributed by atoms with E-state index < -0.39 is 12.7 Å². The van der Waals surface area contributed by atoms with E-state index in [4.69, 9.17) is 16.3 Å². The topological polar surface area (TPSA) is 43.4 Å². The molecule has 2 aromatic carbocycles. The van der Waals surface area contributed by atoms with E-state index in [1.807, 2.05) is 18.2 Å². The lowest BCUT2D eigenvalue weighted by atomic mass is 10.1. The van der Waals surface area contributed by atoms with Crippen LogP contribution >= 0.6 is 18.7 Å². The minimum atomic E-state index is -3.33. The maximum Gasteiger partial charge on any atom is 0.230 e. The number of rotatable bonds is 15. The van der Waals surface area contributed by atoms with E-state index in [1.54, 1.807) is 30.3 Å². The molecule has 0 radical (unpaired) electrons. The maximum absolute atomic E-state index is 14.1. The zero-order valence-electron chi connectivity index (χ0n) is 18.9. The summed E-state index contributed by atoms with van der Waals surface area (Å²) in [4.78, 5) is 13.5. The van der Waals surface area contributed by atoms with Gasteiger partial charge in [-0.1, -0.05) is 113 Å². The van der Waals surface area contributed by atoms with Crippen LogP contribution in [0.15, 0.2) is 48.5 Å². The van der Waals surface area contributed by atoms with E-state index in [0.717, 1.165) is 19.3 Å². The van der Waals surface area contributed by atoms with Crippen LogP contribution < -0.4 is 10.0 Å². The standard InChI is InChI=1S/C26H36ClO3P/c1-3-4-5-6-7-8-9-10-11-15-21-31(29,22-17-13-12-14-18-22)26(28)25-23(27)19-16-20-24(25)30-2/h12-14,16-20H,3-11,15,21H2,1-2H3. The number of hydrogen-bond acceptors (Lipinski definition) is 3. The molecule has 2 rings (SSSR count). The van der Waals surface area contributed by atoms with Crippen molar-refractivity contribution in [1.82, 2.24) is 0 Å². The molecular formula is C26H36ClO3P. The van der Waals surface area contributed by atoms with Gasteiger partial charge in [-0.2, -0.15) is 0 Å². The van der Waals surface area contributed by atoms with Gasteiger partial charge in [0.2, 0.25) is 5.52 Å². The van der Waals surface area contributed by atoms with Crippen LogP contribution in [0.4, 0.5) is 0 Å². The maximum atomic E-state index is 14.1. The van der Waals surface area contributed by atoms with Crippen molar-refractivity contribution in [2.45, 2.75) is 71.1 Å². The molecule has 0 amide bonds. The summed E-state index contributed by atoms with van der Waals surface area (Å²) < 4.78 is 19.5. The second-order valence-corrected chi connectivity index (χ2v) is 11.4. The van der Waals surface area contributed by atoms with Gasteiger partial charge < -0.3 is 9.30 Å². The van der Waals surface area contributed by atoms with Gasteiger partial charge in [-0.05, 0) is 18.6 Å². The van der Waals surface area contributed by atoms with Gasteiger partial charge >= 0.3 is 0 Å². The van der Waals surface area contributed by atoms with Crippen LogP contribution in [0.5, 0.6) is 5.75 Å². The summed E-state index contributed by atoms with van der Waals surface area (Å²) in [5.41, 5.74) is -0.178. The first-order valence-corrected chi connectivity index (χ1v) is 13.8. The molecule has 0 spiro atoms. The molecule has 0 saturated heterocycles. The van der Waals surface area contributed by atoms with Crippen LogP contribution in [0.3, 0.4) is 0 Å². The summed E-state index contributed by atoms with van der Waals surface area (Å²) in [6.07, 6.45) is 12.3. The Morgan fingerprint density at radius 1 is 0.839 bits per heavy atom. The average Bonchev–Trinajstić information content (AvgIpc) is 2.80. The second-order valence-electron chi connectivity index (χ2n) is 8.10. The fourth-order valence-electron chi connectivity index (χ4n) is 3.90. The van der Waals surface area contributed by atoms with Gasteiger partial charge in [-0.25, -0.2) is 0 Å². The molecule has 0 N–H and O–H groups in total. The lowest BCUT2D eigenvalue weighted by Crippen LogP contribution is -2.17. The Kier molecular flexibility index (Phi) is 11.4. The van der Waals surface area contributed by atoms with Crippen molar-refractivity contribution in [3.8, 4) is 5.75 Å². The summed E-state index contributed by atoms with van der Waals surface area (Å²) in [5, 5.41) is 0.876. The highest BCUT2D eigenvalue weighted by Crippen LogP contribution is 2.51. The summed E-state index contributed by atoms with van der Waals surface area (Å²) in [6, 6.07) is 14.2. The molecule has 31 heavy (non-hydrogen) atoms. The highest BCUT2D eigenvalue weighted by Gasteiger charge is 2.36. The van der Waals surface area contributed by atoms with E-state index in [-0.39, 0.29) is 10.6 Å². The molecule has 0 aliphatic heterocycles. The normalized spacial score (nSPS) is 13.0. The molecule has 0 bridgehead atoms. The Bertz CT molecular complexity index is 851. The molecule has 0 aliphatic rings. The Hall–Kier alpha value is -1.57. The Morgan fingerprint density at radius 2 is 1.42 bits per heavy atom. The van der Waals surface area contributed by atoms with E-state index in [2.05, 4.69) is 6.92 Å². The number of methoxy groups -OCH3 is 1. The van der Waals surface area contributed by atoms with E-state index >= 15 is 0 Å². The molecule has 0 saturated carbocycles. The van der Waals surface area contributed by atoms with E-state index in [0.29, 0.717) is 17.2 Å². The number of benzene rings is 2. The highest BCUT2D eigenvalue weighted by molar-refractivity contribution is 7.87. The number of unbranched alkanes of at least 4 members (excludes halogenated alkanes) is 9. The molecule has 0 heterocycles. The second kappa shape index (κ2) is 13.8. The molecule has 170 valence electrons. The molecule has 2 aromatic rings. The van der Waals surface area contributed by atoms with Crippen molar-refractivity contribution in [2.24, 2.45) is 0 Å². The van der Waals surface area contributed by atoms with Gasteiger partial charge in [-0.3, -0.25) is 4.79 Å². The largest absolute Gasteiger partial charge is 0.496 e. The van der Waals surface area contributed by atoms with Gasteiger partial charge in [0.15, 0.2) is 7.14 Å². The quantitative estimate of drug-likeness (QED) is 0.198. The third kappa shape index (κ3) is 7.51. The number of carbonyl (C=O) groups excluding carboxylic acids is 1. The molecule has 1 unspecified atom stereocenters. The Morgan fingerprint density at radius 3 is 2.00 bits per heavy atom. The monoisotopic (exact) mass is 462 g/mol. The van der Waals surface area contributed by atoms with Gasteiger partial charge in [0.05, 0.1) is 17.7 Å². The van der Waals surface area contributed by atoms with Crippen molar-refractivity contribution in [1.29, 1.82) is 0 Å². The predicted molar refractivity (Wildman–Crippen MR) is 133 cm³/mol. The Balaban J connectivity index is 2.02. The van der Waals surface area contributed by atoms with Crippen molar-refractivity contribution < 1.29 is 14.1 Å². The number of carbonyl (C=O) groups is 1. The van der Waals surface area contributed by atoms with Gasteiger partial charge in [0, 0.05) is 11.5 Å². The van der Waals surface area contributed by atoms with Crippen LogP contribution in [-0.4, -0.2) is 18.8 Å². The Labute approximate surface area is 192 Å². The van der Waals surface area contributed by atoms with Gasteiger partial charge in [-0.15, -0.1) is 0 Å². The van der Waals surface area contributed by atoms with E-state index in [1.165, 1.54) is 52.1 Å². The van der Waals surface area contributed by atoms with Crippen LogP contribution in [0, 0.1) is 0 Å². The summed E-state index contributed by atoms with van der Waals surface area (Å²) in [5.74, 6) is 0.372. The number of halogens is 1. The molecule has 0 aromatic heterocycles. The molecule has 0 aliphatic carbocycles. The molecule has 3 nitrogen and oxygen atoms in total. The van der Waals surface area contributed by atoms with E-state index in [9.17, 15) is 9.36 Å². The number of hydrogen-bond donors (Lipinski definition) is 0. The van der Waals surface area contributed by atoms with Crippen molar-refractivity contribution in [3.05, 3.63) is 59.1 Å². The molecular weight excluding hydrogens is 427 g/mol. The molecule has 5 heteroatoms. The van der Waals surface area contributed by atoms with Crippen molar-refractivity contribution >= 4 is 29.6 Å². The van der Waals surface area contributed by atoms with Crippen LogP contribution in [0.1, 0.15) is 81.5 Å². The third-order valence-electron chi connectivity index (χ3n) is 5.74. The first-order valence-electron chi connectivity index (χ1n) is 11.6. The van der Waals surface area contributed by atoms with Crippen LogP contribution in [0.25, 0.3) is 0 Å². The first-order chi connectivity index (χ1) is 15.0. The minimum absolute atomic E-state index is 0.228. The van der Waals surface area contributed by atoms with Crippen LogP contribution in [0.2, 0.25) is 5.02 Å². The molecule has 0 fully saturated rings. The smallest absolute Gasteiger partial charge is 0.230 e. The third-order valence-corrected chi connectivity index (χ3v) is 9.01. The average molecular weight is 463 g/mol. The zero-order chi connectivity index (χ0) is 22.5. The predicted octanol–water partition coefficient (Wildman–Crippen LogP) is 8.10. The van der Waals surface area contributed by atoms with Gasteiger partial charge in [0.25, 0.3) is 0 Å². The summed E-state index contributed by atoms with van der Waals surface area (Å²) in [7, 11) is -1.83. The highest BCUT2D eigenvalue weighted by atomic mass is 35.5. The fraction of sp³-hybridized carbons (Fsp3) is 0.500. The SMILES string of the molecule is CCCCCCCCCCCCP(=O)(C(=O)c1c(Cl)cccc1OC)c1ccccc1. The minimum Gasteiger partial charge on any atom is -0.496 e. The lowest BCUT2D eigenvalue weighted by Gasteiger charge is -2.19. The fourth-order valence-corrected chi connectivity index (χ4v) is 6.83. The first kappa shape index (κ1) is 25.7. The number of ether oxygens (including phenoxy) is 1. The summed E-state index contributed by atoms with van der Waals surface area (Å²) in [6.45, 7) is 2.24. The van der Waals surface area contributed by atoms with Gasteiger partial charge in [0.1, 0.15) is 5.75 Å². The van der Waals surface area contributed by atoms with Crippen molar-refractivity contribution in [3.63, 3.8) is 0 Å².